The maximum absolute atomic E-state index is 13.9. The molecule has 0 aliphatic carbocycles. The van der Waals surface area contributed by atoms with E-state index in [-0.39, 0.29) is 5.82 Å². The van der Waals surface area contributed by atoms with Crippen LogP contribution >= 0.6 is 0 Å². The Hall–Kier alpha value is -2.60. The van der Waals surface area contributed by atoms with Gasteiger partial charge in [-0.3, -0.25) is 0 Å². The molecule has 1 aromatic heterocycles. The lowest BCUT2D eigenvalue weighted by molar-refractivity contribution is 0.583. The van der Waals surface area contributed by atoms with Crippen molar-refractivity contribution < 1.29 is 4.39 Å². The zero-order chi connectivity index (χ0) is 14.8. The summed E-state index contributed by atoms with van der Waals surface area (Å²) in [6.07, 6.45) is 0. The average molecular weight is 283 g/mol. The van der Waals surface area contributed by atoms with E-state index in [0.29, 0.717) is 17.1 Å². The van der Waals surface area contributed by atoms with Gasteiger partial charge in [-0.25, -0.2) is 4.39 Å². The van der Waals surface area contributed by atoms with Crippen molar-refractivity contribution in [2.24, 2.45) is 5.73 Å². The predicted molar refractivity (Wildman–Crippen MR) is 77.2 cm³/mol. The minimum absolute atomic E-state index is 0.370. The third-order valence-electron chi connectivity index (χ3n) is 3.15. The van der Waals surface area contributed by atoms with Gasteiger partial charge in [0.1, 0.15) is 5.82 Å². The third kappa shape index (κ3) is 2.53. The van der Waals surface area contributed by atoms with Gasteiger partial charge in [-0.05, 0) is 24.3 Å². The number of aromatic nitrogens is 4. The van der Waals surface area contributed by atoms with Gasteiger partial charge in [-0.2, -0.15) is 0 Å². The highest BCUT2D eigenvalue weighted by atomic mass is 19.1. The molecule has 0 aliphatic heterocycles. The predicted octanol–water partition coefficient (Wildman–Crippen LogP) is 2.49. The average Bonchev–Trinajstić information content (AvgIpc) is 2.97. The number of hydrogen-bond acceptors (Lipinski definition) is 4. The van der Waals surface area contributed by atoms with Crippen LogP contribution in [0.1, 0.15) is 18.5 Å². The molecule has 0 radical (unpaired) electrons. The van der Waals surface area contributed by atoms with Crippen molar-refractivity contribution in [2.45, 2.75) is 13.0 Å². The van der Waals surface area contributed by atoms with Gasteiger partial charge >= 0.3 is 0 Å². The Morgan fingerprint density at radius 1 is 1.10 bits per heavy atom. The summed E-state index contributed by atoms with van der Waals surface area (Å²) in [6, 6.07) is 13.7. The Labute approximate surface area is 121 Å². The summed E-state index contributed by atoms with van der Waals surface area (Å²) < 4.78 is 13.9. The maximum Gasteiger partial charge on any atom is 0.205 e. The SMILES string of the molecule is CC(N)c1c(F)cccc1-n1nnc(-c2ccccc2)n1. The van der Waals surface area contributed by atoms with Crippen LogP contribution in [0.5, 0.6) is 0 Å². The highest BCUT2D eigenvalue weighted by Gasteiger charge is 2.16. The molecule has 3 rings (SSSR count). The van der Waals surface area contributed by atoms with Crippen LogP contribution in [0.25, 0.3) is 17.1 Å². The normalized spacial score (nSPS) is 12.3. The van der Waals surface area contributed by atoms with E-state index in [0.717, 1.165) is 5.56 Å². The van der Waals surface area contributed by atoms with E-state index in [1.165, 1.54) is 10.9 Å². The molecular weight excluding hydrogens is 269 g/mol. The van der Waals surface area contributed by atoms with Crippen LogP contribution < -0.4 is 5.73 Å². The van der Waals surface area contributed by atoms with Gasteiger partial charge in [0, 0.05) is 17.2 Å². The highest BCUT2D eigenvalue weighted by molar-refractivity contribution is 5.53. The molecule has 1 atom stereocenters. The Balaban J connectivity index is 2.07. The third-order valence-corrected chi connectivity index (χ3v) is 3.15. The molecule has 3 aromatic rings. The molecule has 0 fully saturated rings. The number of hydrogen-bond donors (Lipinski definition) is 1. The molecule has 106 valence electrons. The van der Waals surface area contributed by atoms with Crippen molar-refractivity contribution in [3.63, 3.8) is 0 Å². The van der Waals surface area contributed by atoms with Crippen molar-refractivity contribution in [1.29, 1.82) is 0 Å². The molecular formula is C15H14FN5. The molecule has 2 N–H and O–H groups in total. The fourth-order valence-corrected chi connectivity index (χ4v) is 2.17. The molecule has 1 unspecified atom stereocenters. The molecule has 0 amide bonds. The van der Waals surface area contributed by atoms with Crippen LogP contribution in [0.2, 0.25) is 0 Å². The fourth-order valence-electron chi connectivity index (χ4n) is 2.17. The van der Waals surface area contributed by atoms with E-state index in [1.807, 2.05) is 30.3 Å². The summed E-state index contributed by atoms with van der Waals surface area (Å²) in [4.78, 5) is 1.31. The summed E-state index contributed by atoms with van der Waals surface area (Å²) in [6.45, 7) is 1.72. The van der Waals surface area contributed by atoms with Gasteiger partial charge in [-0.1, -0.05) is 36.4 Å². The Bertz CT molecular complexity index is 752. The minimum Gasteiger partial charge on any atom is -0.324 e. The van der Waals surface area contributed by atoms with Gasteiger partial charge in [0.25, 0.3) is 0 Å². The summed E-state index contributed by atoms with van der Waals surface area (Å²) in [5.41, 5.74) is 7.56. The van der Waals surface area contributed by atoms with E-state index in [2.05, 4.69) is 15.4 Å². The second-order valence-corrected chi connectivity index (χ2v) is 4.73. The molecule has 0 spiro atoms. The molecule has 0 aliphatic rings. The second kappa shape index (κ2) is 5.41. The van der Waals surface area contributed by atoms with E-state index in [1.54, 1.807) is 19.1 Å². The first-order chi connectivity index (χ1) is 10.2. The number of tetrazole rings is 1. The van der Waals surface area contributed by atoms with Crippen molar-refractivity contribution >= 4 is 0 Å². The lowest BCUT2D eigenvalue weighted by Crippen LogP contribution is -2.13. The van der Waals surface area contributed by atoms with Crippen LogP contribution in [0.4, 0.5) is 4.39 Å². The standard InChI is InChI=1S/C15H14FN5/c1-10(17)14-12(16)8-5-9-13(14)21-19-15(18-20-21)11-6-3-2-4-7-11/h2-10H,17H2,1H3. The summed E-state index contributed by atoms with van der Waals surface area (Å²) in [5.74, 6) is 0.108. The zero-order valence-electron chi connectivity index (χ0n) is 11.4. The first-order valence-corrected chi connectivity index (χ1v) is 6.56. The topological polar surface area (TPSA) is 69.6 Å². The molecule has 21 heavy (non-hydrogen) atoms. The van der Waals surface area contributed by atoms with Gasteiger partial charge < -0.3 is 5.73 Å². The van der Waals surface area contributed by atoms with Crippen LogP contribution in [-0.4, -0.2) is 20.2 Å². The fraction of sp³-hybridized carbons (Fsp3) is 0.133. The van der Waals surface area contributed by atoms with Crippen LogP contribution in [0.15, 0.2) is 48.5 Å². The van der Waals surface area contributed by atoms with E-state index in [9.17, 15) is 4.39 Å². The van der Waals surface area contributed by atoms with Gasteiger partial charge in [-0.15, -0.1) is 15.0 Å². The molecule has 6 heteroatoms. The minimum atomic E-state index is -0.465. The largest absolute Gasteiger partial charge is 0.324 e. The molecule has 5 nitrogen and oxygen atoms in total. The van der Waals surface area contributed by atoms with Crippen molar-refractivity contribution in [2.75, 3.05) is 0 Å². The van der Waals surface area contributed by atoms with Gasteiger partial charge in [0.05, 0.1) is 5.69 Å². The van der Waals surface area contributed by atoms with Gasteiger partial charge in [0.2, 0.25) is 5.82 Å². The van der Waals surface area contributed by atoms with Crippen LogP contribution in [0.3, 0.4) is 0 Å². The monoisotopic (exact) mass is 283 g/mol. The summed E-state index contributed by atoms with van der Waals surface area (Å²) >= 11 is 0. The van der Waals surface area contributed by atoms with Crippen molar-refractivity contribution in [3.8, 4) is 17.1 Å². The smallest absolute Gasteiger partial charge is 0.205 e. The van der Waals surface area contributed by atoms with Crippen molar-refractivity contribution in [3.05, 3.63) is 59.9 Å². The quantitative estimate of drug-likeness (QED) is 0.801. The molecule has 0 bridgehead atoms. The second-order valence-electron chi connectivity index (χ2n) is 4.73. The highest BCUT2D eigenvalue weighted by Crippen LogP contribution is 2.23. The first-order valence-electron chi connectivity index (χ1n) is 6.56. The van der Waals surface area contributed by atoms with E-state index >= 15 is 0 Å². The Kier molecular flexibility index (Phi) is 3.45. The lowest BCUT2D eigenvalue weighted by Gasteiger charge is -2.11. The Morgan fingerprint density at radius 3 is 2.57 bits per heavy atom. The number of rotatable bonds is 3. The summed E-state index contributed by atoms with van der Waals surface area (Å²) in [5, 5.41) is 12.3. The van der Waals surface area contributed by atoms with Crippen LogP contribution in [-0.2, 0) is 0 Å². The molecule has 1 heterocycles. The number of benzene rings is 2. The maximum atomic E-state index is 13.9. The first kappa shape index (κ1) is 13.4. The summed E-state index contributed by atoms with van der Waals surface area (Å²) in [7, 11) is 0. The lowest BCUT2D eigenvalue weighted by atomic mass is 10.1. The van der Waals surface area contributed by atoms with E-state index < -0.39 is 6.04 Å². The Morgan fingerprint density at radius 2 is 1.86 bits per heavy atom. The van der Waals surface area contributed by atoms with E-state index in [4.69, 9.17) is 5.73 Å². The number of halogens is 1. The zero-order valence-corrected chi connectivity index (χ0v) is 11.4. The molecule has 0 saturated carbocycles. The molecule has 2 aromatic carbocycles. The number of nitrogens with zero attached hydrogens (tertiary/aromatic N) is 4. The van der Waals surface area contributed by atoms with Crippen LogP contribution in [0, 0.1) is 5.82 Å². The number of nitrogens with two attached hydrogens (primary N) is 1. The van der Waals surface area contributed by atoms with Crippen molar-refractivity contribution in [1.82, 2.24) is 20.2 Å². The molecule has 0 saturated heterocycles. The van der Waals surface area contributed by atoms with Gasteiger partial charge in [0.15, 0.2) is 0 Å².